The van der Waals surface area contributed by atoms with Gasteiger partial charge in [0.2, 0.25) is 0 Å². The van der Waals surface area contributed by atoms with Gasteiger partial charge in [-0.15, -0.1) is 0 Å². The Morgan fingerprint density at radius 2 is 2.05 bits per heavy atom. The molecule has 1 aromatic rings. The molecule has 110 valence electrons. The Balaban J connectivity index is 2.54. The number of halogens is 2. The minimum Gasteiger partial charge on any atom is -0.481 e. The van der Waals surface area contributed by atoms with Crippen LogP contribution in [-0.4, -0.2) is 35.1 Å². The molecule has 0 fully saturated rings. The number of benzene rings is 1. The largest absolute Gasteiger partial charge is 0.481 e. The van der Waals surface area contributed by atoms with Gasteiger partial charge in [-0.1, -0.05) is 6.07 Å². The van der Waals surface area contributed by atoms with Crippen molar-refractivity contribution in [2.24, 2.45) is 0 Å². The van der Waals surface area contributed by atoms with Crippen LogP contribution in [-0.2, 0) is 11.3 Å². The van der Waals surface area contributed by atoms with E-state index in [1.807, 2.05) is 0 Å². The zero-order valence-electron chi connectivity index (χ0n) is 11.0. The number of carboxylic acids is 1. The number of carbonyl (C=O) groups excluding carboxylic acids is 1. The first-order chi connectivity index (χ1) is 9.43. The van der Waals surface area contributed by atoms with E-state index in [4.69, 9.17) is 5.11 Å². The van der Waals surface area contributed by atoms with Gasteiger partial charge < -0.3 is 15.3 Å². The molecule has 0 aromatic heterocycles. The highest BCUT2D eigenvalue weighted by Crippen LogP contribution is 2.09. The number of carbonyl (C=O) groups is 2. The van der Waals surface area contributed by atoms with E-state index in [0.29, 0.717) is 6.54 Å². The SMILES string of the molecule is CCN(CCC(=O)O)C(=O)NCc1ccc(F)cc1F. The van der Waals surface area contributed by atoms with Crippen molar-refractivity contribution in [2.75, 3.05) is 13.1 Å². The van der Waals surface area contributed by atoms with Crippen LogP contribution in [0.4, 0.5) is 13.6 Å². The van der Waals surface area contributed by atoms with Crippen LogP contribution in [0.5, 0.6) is 0 Å². The number of rotatable bonds is 6. The van der Waals surface area contributed by atoms with Gasteiger partial charge in [-0.3, -0.25) is 4.79 Å². The van der Waals surface area contributed by atoms with Crippen molar-refractivity contribution in [1.29, 1.82) is 0 Å². The average molecular weight is 286 g/mol. The Bertz CT molecular complexity index is 495. The summed E-state index contributed by atoms with van der Waals surface area (Å²) in [5.41, 5.74) is 0.161. The van der Waals surface area contributed by atoms with Crippen LogP contribution in [0, 0.1) is 11.6 Å². The summed E-state index contributed by atoms with van der Waals surface area (Å²) >= 11 is 0. The van der Waals surface area contributed by atoms with Crippen molar-refractivity contribution in [3.8, 4) is 0 Å². The molecule has 5 nitrogen and oxygen atoms in total. The molecule has 20 heavy (non-hydrogen) atoms. The monoisotopic (exact) mass is 286 g/mol. The molecule has 0 aliphatic carbocycles. The Morgan fingerprint density at radius 3 is 2.60 bits per heavy atom. The molecule has 0 atom stereocenters. The molecule has 0 spiro atoms. The van der Waals surface area contributed by atoms with Crippen molar-refractivity contribution in [3.05, 3.63) is 35.4 Å². The van der Waals surface area contributed by atoms with E-state index in [1.54, 1.807) is 6.92 Å². The summed E-state index contributed by atoms with van der Waals surface area (Å²) in [4.78, 5) is 23.5. The van der Waals surface area contributed by atoms with E-state index in [9.17, 15) is 18.4 Å². The molecule has 0 bridgehead atoms. The normalized spacial score (nSPS) is 10.2. The maximum absolute atomic E-state index is 13.4. The smallest absolute Gasteiger partial charge is 0.317 e. The van der Waals surface area contributed by atoms with Crippen LogP contribution in [0.25, 0.3) is 0 Å². The van der Waals surface area contributed by atoms with E-state index in [0.717, 1.165) is 12.1 Å². The highest BCUT2D eigenvalue weighted by molar-refractivity contribution is 5.75. The second-order valence-corrected chi connectivity index (χ2v) is 4.12. The zero-order chi connectivity index (χ0) is 15.1. The third-order valence-electron chi connectivity index (χ3n) is 2.71. The highest BCUT2D eigenvalue weighted by atomic mass is 19.1. The molecule has 1 aromatic carbocycles. The molecule has 0 aliphatic heterocycles. The average Bonchev–Trinajstić information content (AvgIpc) is 2.38. The van der Waals surface area contributed by atoms with Crippen LogP contribution in [0.1, 0.15) is 18.9 Å². The molecule has 0 unspecified atom stereocenters. The molecular weight excluding hydrogens is 270 g/mol. The molecule has 0 saturated heterocycles. The van der Waals surface area contributed by atoms with Gasteiger partial charge in [0.15, 0.2) is 0 Å². The second-order valence-electron chi connectivity index (χ2n) is 4.12. The van der Waals surface area contributed by atoms with Crippen LogP contribution in [0.2, 0.25) is 0 Å². The van der Waals surface area contributed by atoms with E-state index >= 15 is 0 Å². The first-order valence-electron chi connectivity index (χ1n) is 6.12. The number of hydrogen-bond acceptors (Lipinski definition) is 2. The number of carboxylic acid groups (broad SMARTS) is 1. The number of urea groups is 1. The van der Waals surface area contributed by atoms with E-state index in [1.165, 1.54) is 11.0 Å². The summed E-state index contributed by atoms with van der Waals surface area (Å²) in [7, 11) is 0. The standard InChI is InChI=1S/C13H16F2N2O3/c1-2-17(6-5-12(18)19)13(20)16-8-9-3-4-10(14)7-11(9)15/h3-4,7H,2,5-6,8H2,1H3,(H,16,20)(H,18,19). The molecule has 0 radical (unpaired) electrons. The summed E-state index contributed by atoms with van der Waals surface area (Å²) in [6, 6.07) is 2.60. The van der Waals surface area contributed by atoms with Gasteiger partial charge in [0.1, 0.15) is 11.6 Å². The Hall–Kier alpha value is -2.18. The lowest BCUT2D eigenvalue weighted by Gasteiger charge is -2.20. The Kier molecular flexibility index (Phi) is 5.89. The molecular formula is C13H16F2N2O3. The lowest BCUT2D eigenvalue weighted by atomic mass is 10.2. The van der Waals surface area contributed by atoms with Gasteiger partial charge in [-0.05, 0) is 13.0 Å². The van der Waals surface area contributed by atoms with Crippen molar-refractivity contribution in [3.63, 3.8) is 0 Å². The third-order valence-corrected chi connectivity index (χ3v) is 2.71. The van der Waals surface area contributed by atoms with E-state index in [2.05, 4.69) is 5.32 Å². The number of nitrogens with zero attached hydrogens (tertiary/aromatic N) is 1. The maximum atomic E-state index is 13.4. The first-order valence-corrected chi connectivity index (χ1v) is 6.12. The summed E-state index contributed by atoms with van der Waals surface area (Å²) in [6.45, 7) is 2.03. The predicted molar refractivity (Wildman–Crippen MR) is 68.1 cm³/mol. The molecule has 1 rings (SSSR count). The summed E-state index contributed by atoms with van der Waals surface area (Å²) in [6.07, 6.45) is -0.161. The highest BCUT2D eigenvalue weighted by Gasteiger charge is 2.13. The molecule has 2 N–H and O–H groups in total. The van der Waals surface area contributed by atoms with E-state index < -0.39 is 23.6 Å². The van der Waals surface area contributed by atoms with E-state index in [-0.39, 0.29) is 25.1 Å². The summed E-state index contributed by atoms with van der Waals surface area (Å²) in [5, 5.41) is 11.0. The maximum Gasteiger partial charge on any atom is 0.317 e. The van der Waals surface area contributed by atoms with Crippen molar-refractivity contribution >= 4 is 12.0 Å². The molecule has 0 aliphatic rings. The van der Waals surface area contributed by atoms with Crippen molar-refractivity contribution in [1.82, 2.24) is 10.2 Å². The number of nitrogens with one attached hydrogen (secondary N) is 1. The molecule has 0 saturated carbocycles. The van der Waals surface area contributed by atoms with Crippen LogP contribution in [0.15, 0.2) is 18.2 Å². The lowest BCUT2D eigenvalue weighted by molar-refractivity contribution is -0.137. The lowest BCUT2D eigenvalue weighted by Crippen LogP contribution is -2.40. The minimum atomic E-state index is -0.999. The fraction of sp³-hybridized carbons (Fsp3) is 0.385. The van der Waals surface area contributed by atoms with Crippen LogP contribution < -0.4 is 5.32 Å². The van der Waals surface area contributed by atoms with Crippen LogP contribution in [0.3, 0.4) is 0 Å². The fourth-order valence-corrected chi connectivity index (χ4v) is 1.58. The topological polar surface area (TPSA) is 69.6 Å². The second kappa shape index (κ2) is 7.42. The number of hydrogen-bond donors (Lipinski definition) is 2. The fourth-order valence-electron chi connectivity index (χ4n) is 1.58. The van der Waals surface area contributed by atoms with Gasteiger partial charge in [0, 0.05) is 31.3 Å². The Morgan fingerprint density at radius 1 is 1.35 bits per heavy atom. The van der Waals surface area contributed by atoms with Gasteiger partial charge >= 0.3 is 12.0 Å². The van der Waals surface area contributed by atoms with Gasteiger partial charge in [0.05, 0.1) is 6.42 Å². The van der Waals surface area contributed by atoms with Gasteiger partial charge in [-0.2, -0.15) is 0 Å². The summed E-state index contributed by atoms with van der Waals surface area (Å²) in [5.74, 6) is -2.42. The quantitative estimate of drug-likeness (QED) is 0.840. The number of aliphatic carboxylic acids is 1. The third kappa shape index (κ3) is 4.83. The van der Waals surface area contributed by atoms with Crippen molar-refractivity contribution < 1.29 is 23.5 Å². The molecule has 2 amide bonds. The number of amides is 2. The molecule has 7 heteroatoms. The predicted octanol–water partition coefficient (Wildman–Crippen LogP) is 1.97. The van der Waals surface area contributed by atoms with Crippen molar-refractivity contribution in [2.45, 2.75) is 19.9 Å². The first kappa shape index (κ1) is 15.9. The Labute approximate surface area is 115 Å². The zero-order valence-corrected chi connectivity index (χ0v) is 11.0. The summed E-state index contributed by atoms with van der Waals surface area (Å²) < 4.78 is 26.1. The van der Waals surface area contributed by atoms with Gasteiger partial charge in [0.25, 0.3) is 0 Å². The molecule has 0 heterocycles. The van der Waals surface area contributed by atoms with Crippen LogP contribution >= 0.6 is 0 Å². The van der Waals surface area contributed by atoms with Gasteiger partial charge in [-0.25, -0.2) is 13.6 Å². The minimum absolute atomic E-state index is 0.0730.